The number of hydrogen-bond donors (Lipinski definition) is 2. The molecule has 0 aromatic heterocycles. The van der Waals surface area contributed by atoms with Gasteiger partial charge in [-0.25, -0.2) is 5.48 Å². The molecule has 0 radical (unpaired) electrons. The van der Waals surface area contributed by atoms with Gasteiger partial charge in [-0.2, -0.15) is 0 Å². The molecular formula is C23H21NO2. The van der Waals surface area contributed by atoms with E-state index in [9.17, 15) is 4.79 Å². The van der Waals surface area contributed by atoms with Crippen molar-refractivity contribution in [2.24, 2.45) is 5.92 Å². The van der Waals surface area contributed by atoms with Crippen molar-refractivity contribution in [2.75, 3.05) is 0 Å². The Labute approximate surface area is 153 Å². The zero-order valence-electron chi connectivity index (χ0n) is 14.5. The van der Waals surface area contributed by atoms with E-state index in [4.69, 9.17) is 5.21 Å². The molecule has 3 heteroatoms. The number of amides is 1. The van der Waals surface area contributed by atoms with Crippen LogP contribution in [-0.4, -0.2) is 11.1 Å². The Balaban J connectivity index is 1.66. The first-order chi connectivity index (χ1) is 12.7. The molecular weight excluding hydrogens is 322 g/mol. The minimum atomic E-state index is -0.285. The van der Waals surface area contributed by atoms with Crippen molar-refractivity contribution in [3.05, 3.63) is 83.9 Å². The van der Waals surface area contributed by atoms with Crippen LogP contribution in [0.2, 0.25) is 0 Å². The van der Waals surface area contributed by atoms with E-state index in [-0.39, 0.29) is 11.8 Å². The number of aryl methyl sites for hydroxylation is 1. The molecule has 3 aromatic carbocycles. The number of benzene rings is 3. The summed E-state index contributed by atoms with van der Waals surface area (Å²) in [5, 5.41) is 8.91. The van der Waals surface area contributed by atoms with Gasteiger partial charge >= 0.3 is 0 Å². The zero-order valence-corrected chi connectivity index (χ0v) is 14.5. The van der Waals surface area contributed by atoms with Crippen molar-refractivity contribution in [1.82, 2.24) is 5.48 Å². The molecule has 0 fully saturated rings. The Bertz CT molecular complexity index is 934. The predicted molar refractivity (Wildman–Crippen MR) is 103 cm³/mol. The molecule has 3 nitrogen and oxygen atoms in total. The molecule has 0 spiro atoms. The minimum Gasteiger partial charge on any atom is -0.289 e. The Morgan fingerprint density at radius 2 is 1.50 bits per heavy atom. The summed E-state index contributed by atoms with van der Waals surface area (Å²) >= 11 is 0. The Kier molecular flexibility index (Phi) is 4.55. The smallest absolute Gasteiger partial charge is 0.246 e. The largest absolute Gasteiger partial charge is 0.289 e. The fourth-order valence-corrected chi connectivity index (χ4v) is 3.76. The minimum absolute atomic E-state index is 0.154. The van der Waals surface area contributed by atoms with Crippen LogP contribution in [-0.2, 0) is 17.6 Å². The zero-order chi connectivity index (χ0) is 17.9. The maximum Gasteiger partial charge on any atom is 0.246 e. The van der Waals surface area contributed by atoms with Gasteiger partial charge in [0.25, 0.3) is 0 Å². The van der Waals surface area contributed by atoms with E-state index in [1.165, 1.54) is 27.8 Å². The highest BCUT2D eigenvalue weighted by Crippen LogP contribution is 2.31. The summed E-state index contributed by atoms with van der Waals surface area (Å²) < 4.78 is 0. The normalized spacial score (nSPS) is 16.0. The van der Waals surface area contributed by atoms with E-state index in [0.717, 1.165) is 18.4 Å². The van der Waals surface area contributed by atoms with E-state index in [1.54, 1.807) is 5.48 Å². The van der Waals surface area contributed by atoms with Crippen LogP contribution in [0.1, 0.15) is 17.5 Å². The molecule has 0 saturated carbocycles. The maximum absolute atomic E-state index is 11.8. The lowest BCUT2D eigenvalue weighted by molar-refractivity contribution is -0.133. The van der Waals surface area contributed by atoms with E-state index in [1.807, 2.05) is 18.2 Å². The monoisotopic (exact) mass is 343 g/mol. The molecule has 1 aliphatic carbocycles. The molecule has 1 amide bonds. The van der Waals surface area contributed by atoms with Crippen LogP contribution < -0.4 is 5.48 Å². The maximum atomic E-state index is 11.8. The van der Waals surface area contributed by atoms with Crippen molar-refractivity contribution < 1.29 is 10.0 Å². The molecule has 0 aliphatic heterocycles. The first-order valence-corrected chi connectivity index (χ1v) is 8.96. The Morgan fingerprint density at radius 1 is 0.808 bits per heavy atom. The molecule has 130 valence electrons. The molecule has 0 saturated heterocycles. The fourth-order valence-electron chi connectivity index (χ4n) is 3.76. The second-order valence-electron chi connectivity index (χ2n) is 6.85. The summed E-state index contributed by atoms with van der Waals surface area (Å²) in [6.45, 7) is 0. The summed E-state index contributed by atoms with van der Waals surface area (Å²) in [6.07, 6.45) is 2.33. The topological polar surface area (TPSA) is 49.3 Å². The van der Waals surface area contributed by atoms with Crippen molar-refractivity contribution in [1.29, 1.82) is 0 Å². The van der Waals surface area contributed by atoms with Gasteiger partial charge in [0.2, 0.25) is 5.91 Å². The van der Waals surface area contributed by atoms with Crippen LogP contribution in [0.15, 0.2) is 72.8 Å². The average molecular weight is 343 g/mol. The summed E-state index contributed by atoms with van der Waals surface area (Å²) in [7, 11) is 0. The van der Waals surface area contributed by atoms with Gasteiger partial charge in [0.1, 0.15) is 0 Å². The van der Waals surface area contributed by atoms with E-state index in [0.29, 0.717) is 6.42 Å². The van der Waals surface area contributed by atoms with Gasteiger partial charge in [-0.1, -0.05) is 66.7 Å². The number of hydrogen-bond acceptors (Lipinski definition) is 2. The number of hydroxylamine groups is 1. The third-order valence-corrected chi connectivity index (χ3v) is 5.22. The summed E-state index contributed by atoms with van der Waals surface area (Å²) in [4.78, 5) is 11.8. The van der Waals surface area contributed by atoms with Crippen LogP contribution in [0.3, 0.4) is 0 Å². The molecule has 1 atom stereocenters. The molecule has 1 aliphatic rings. The lowest BCUT2D eigenvalue weighted by Gasteiger charge is -2.23. The second kappa shape index (κ2) is 7.14. The number of carbonyl (C=O) groups is 1. The fraction of sp³-hybridized carbons (Fsp3) is 0.174. The summed E-state index contributed by atoms with van der Waals surface area (Å²) in [5.41, 5.74) is 9.02. The van der Waals surface area contributed by atoms with Gasteiger partial charge < -0.3 is 0 Å². The SMILES string of the molecule is O=C(NO)C1CCc2ccc(-c3cccc(-c4ccccc4)c3)cc2C1. The number of carbonyl (C=O) groups excluding carboxylic acids is 1. The van der Waals surface area contributed by atoms with Crippen LogP contribution in [0.4, 0.5) is 0 Å². The van der Waals surface area contributed by atoms with Gasteiger partial charge in [-0.3, -0.25) is 10.0 Å². The van der Waals surface area contributed by atoms with E-state index < -0.39 is 0 Å². The molecule has 26 heavy (non-hydrogen) atoms. The molecule has 4 rings (SSSR count). The summed E-state index contributed by atoms with van der Waals surface area (Å²) in [6, 6.07) is 25.4. The van der Waals surface area contributed by atoms with E-state index in [2.05, 4.69) is 54.6 Å². The van der Waals surface area contributed by atoms with Crippen LogP contribution >= 0.6 is 0 Å². The highest BCUT2D eigenvalue weighted by atomic mass is 16.5. The van der Waals surface area contributed by atoms with Crippen molar-refractivity contribution in [3.8, 4) is 22.3 Å². The van der Waals surface area contributed by atoms with Crippen molar-refractivity contribution in [2.45, 2.75) is 19.3 Å². The van der Waals surface area contributed by atoms with Crippen molar-refractivity contribution in [3.63, 3.8) is 0 Å². The van der Waals surface area contributed by atoms with Gasteiger partial charge in [-0.15, -0.1) is 0 Å². The van der Waals surface area contributed by atoms with Gasteiger partial charge in [0.05, 0.1) is 0 Å². The molecule has 1 unspecified atom stereocenters. The third kappa shape index (κ3) is 3.26. The lowest BCUT2D eigenvalue weighted by Crippen LogP contribution is -2.31. The Hall–Kier alpha value is -2.91. The summed E-state index contributed by atoms with van der Waals surface area (Å²) in [5.74, 6) is -0.439. The molecule has 0 heterocycles. The Morgan fingerprint density at radius 3 is 2.27 bits per heavy atom. The van der Waals surface area contributed by atoms with Crippen LogP contribution in [0.25, 0.3) is 22.3 Å². The van der Waals surface area contributed by atoms with Gasteiger partial charge in [0.15, 0.2) is 0 Å². The third-order valence-electron chi connectivity index (χ3n) is 5.22. The van der Waals surface area contributed by atoms with Gasteiger partial charge in [0, 0.05) is 5.92 Å². The van der Waals surface area contributed by atoms with E-state index >= 15 is 0 Å². The highest BCUT2D eigenvalue weighted by Gasteiger charge is 2.24. The lowest BCUT2D eigenvalue weighted by atomic mass is 9.82. The van der Waals surface area contributed by atoms with Crippen LogP contribution in [0.5, 0.6) is 0 Å². The van der Waals surface area contributed by atoms with Gasteiger partial charge in [-0.05, 0) is 58.7 Å². The molecule has 2 N–H and O–H groups in total. The molecule has 0 bridgehead atoms. The highest BCUT2D eigenvalue weighted by molar-refractivity contribution is 5.78. The number of rotatable bonds is 3. The second-order valence-corrected chi connectivity index (χ2v) is 6.85. The number of nitrogens with one attached hydrogen (secondary N) is 1. The first-order valence-electron chi connectivity index (χ1n) is 8.96. The first kappa shape index (κ1) is 16.6. The quantitative estimate of drug-likeness (QED) is 0.538. The standard InChI is InChI=1S/C23H21NO2/c25-23(24-26)21-12-10-17-9-11-20(14-22(17)15-21)19-8-4-7-18(13-19)16-5-2-1-3-6-16/h1-9,11,13-14,21,26H,10,12,15H2,(H,24,25). The predicted octanol–water partition coefficient (Wildman–Crippen LogP) is 4.63. The average Bonchev–Trinajstić information content (AvgIpc) is 2.73. The van der Waals surface area contributed by atoms with Crippen LogP contribution in [0, 0.1) is 5.92 Å². The van der Waals surface area contributed by atoms with Crippen molar-refractivity contribution >= 4 is 5.91 Å². The number of fused-ring (bicyclic) bond motifs is 1. The molecule has 3 aromatic rings.